The standard InChI is InChI=1S/C9H9NO6/c1-2-5-3-4-6(16-9(12)13)8(11)7(5)10(14)15/h3-4,11H,2H2,1H3,(H,12,13). The number of aromatic hydroxyl groups is 1. The zero-order valence-electron chi connectivity index (χ0n) is 8.34. The van der Waals surface area contributed by atoms with Crippen molar-refractivity contribution >= 4 is 11.8 Å². The maximum absolute atomic E-state index is 10.7. The molecule has 0 unspecified atom stereocenters. The van der Waals surface area contributed by atoms with E-state index in [1.165, 1.54) is 12.1 Å². The minimum absolute atomic E-state index is 0.306. The van der Waals surface area contributed by atoms with Gasteiger partial charge in [-0.1, -0.05) is 6.92 Å². The van der Waals surface area contributed by atoms with E-state index in [1.807, 2.05) is 0 Å². The maximum Gasteiger partial charge on any atom is 0.511 e. The lowest BCUT2D eigenvalue weighted by Gasteiger charge is -2.06. The molecule has 0 aliphatic heterocycles. The van der Waals surface area contributed by atoms with Gasteiger partial charge in [0.25, 0.3) is 0 Å². The van der Waals surface area contributed by atoms with Gasteiger partial charge in [-0.15, -0.1) is 0 Å². The van der Waals surface area contributed by atoms with Crippen molar-refractivity contribution in [3.8, 4) is 11.5 Å². The average molecular weight is 227 g/mol. The normalized spacial score (nSPS) is 9.81. The molecule has 0 heterocycles. The second kappa shape index (κ2) is 4.47. The van der Waals surface area contributed by atoms with Crippen LogP contribution in [0.15, 0.2) is 12.1 Å². The molecule has 86 valence electrons. The zero-order valence-corrected chi connectivity index (χ0v) is 8.34. The monoisotopic (exact) mass is 227 g/mol. The Morgan fingerprint density at radius 2 is 2.19 bits per heavy atom. The van der Waals surface area contributed by atoms with Gasteiger partial charge in [-0.05, 0) is 18.6 Å². The molecule has 0 aliphatic rings. The topological polar surface area (TPSA) is 110 Å². The van der Waals surface area contributed by atoms with E-state index in [-0.39, 0.29) is 0 Å². The molecule has 1 rings (SSSR count). The Kier molecular flexibility index (Phi) is 3.29. The van der Waals surface area contributed by atoms with E-state index in [0.717, 1.165) is 0 Å². The number of carbonyl (C=O) groups is 1. The van der Waals surface area contributed by atoms with Gasteiger partial charge in [-0.3, -0.25) is 10.1 Å². The number of aryl methyl sites for hydroxylation is 1. The highest BCUT2D eigenvalue weighted by Crippen LogP contribution is 2.38. The molecule has 1 aromatic rings. The summed E-state index contributed by atoms with van der Waals surface area (Å²) in [6, 6.07) is 2.52. The van der Waals surface area contributed by atoms with E-state index < -0.39 is 28.3 Å². The van der Waals surface area contributed by atoms with E-state index in [4.69, 9.17) is 5.11 Å². The van der Waals surface area contributed by atoms with Crippen molar-refractivity contribution in [3.63, 3.8) is 0 Å². The Bertz CT molecular complexity index is 442. The molecule has 0 spiro atoms. The Labute approximate surface area is 90.0 Å². The van der Waals surface area contributed by atoms with Gasteiger partial charge in [0.15, 0.2) is 5.75 Å². The summed E-state index contributed by atoms with van der Waals surface area (Å²) in [6.45, 7) is 1.68. The van der Waals surface area contributed by atoms with Gasteiger partial charge in [0, 0.05) is 5.56 Å². The number of nitrogens with zero attached hydrogens (tertiary/aromatic N) is 1. The molecule has 0 fully saturated rings. The van der Waals surface area contributed by atoms with Gasteiger partial charge < -0.3 is 14.9 Å². The molecule has 16 heavy (non-hydrogen) atoms. The van der Waals surface area contributed by atoms with Gasteiger partial charge in [0.05, 0.1) is 4.92 Å². The fourth-order valence-corrected chi connectivity index (χ4v) is 1.27. The smallest absolute Gasteiger partial charge is 0.499 e. The molecule has 1 aromatic carbocycles. The van der Waals surface area contributed by atoms with Crippen LogP contribution in [0.4, 0.5) is 10.5 Å². The van der Waals surface area contributed by atoms with E-state index in [2.05, 4.69) is 4.74 Å². The number of phenols is 1. The summed E-state index contributed by atoms with van der Waals surface area (Å²) in [7, 11) is 0. The SMILES string of the molecule is CCc1ccc(OC(=O)O)c(O)c1[N+](=O)[O-]. The first-order valence-corrected chi connectivity index (χ1v) is 4.37. The van der Waals surface area contributed by atoms with Crippen LogP contribution in [0.25, 0.3) is 0 Å². The highest BCUT2D eigenvalue weighted by atomic mass is 16.7. The minimum atomic E-state index is -1.64. The Morgan fingerprint density at radius 1 is 1.56 bits per heavy atom. The number of rotatable bonds is 3. The molecule has 0 atom stereocenters. The second-order valence-electron chi connectivity index (χ2n) is 2.90. The molecule has 0 aliphatic carbocycles. The van der Waals surface area contributed by atoms with Crippen LogP contribution >= 0.6 is 0 Å². The van der Waals surface area contributed by atoms with Gasteiger partial charge in [-0.2, -0.15) is 0 Å². The summed E-state index contributed by atoms with van der Waals surface area (Å²) in [5.41, 5.74) is -0.221. The van der Waals surface area contributed by atoms with E-state index in [1.54, 1.807) is 6.92 Å². The molecular weight excluding hydrogens is 218 g/mol. The number of hydrogen-bond donors (Lipinski definition) is 2. The molecule has 0 bridgehead atoms. The lowest BCUT2D eigenvalue weighted by Crippen LogP contribution is -2.04. The van der Waals surface area contributed by atoms with Gasteiger partial charge >= 0.3 is 11.8 Å². The van der Waals surface area contributed by atoms with Crippen molar-refractivity contribution in [2.45, 2.75) is 13.3 Å². The molecule has 0 amide bonds. The number of hydrogen-bond acceptors (Lipinski definition) is 5. The Balaban J connectivity index is 3.31. The summed E-state index contributed by atoms with van der Waals surface area (Å²) in [6.07, 6.45) is -1.30. The van der Waals surface area contributed by atoms with Gasteiger partial charge in [0.2, 0.25) is 5.75 Å². The molecular formula is C9H9NO6. The molecule has 0 radical (unpaired) electrons. The molecule has 0 saturated heterocycles. The van der Waals surface area contributed by atoms with Crippen LogP contribution in [0, 0.1) is 10.1 Å². The number of phenolic OH excluding ortho intramolecular Hbond substituents is 1. The Hall–Kier alpha value is -2.31. The van der Waals surface area contributed by atoms with Crippen LogP contribution in [-0.2, 0) is 6.42 Å². The van der Waals surface area contributed by atoms with E-state index in [0.29, 0.717) is 12.0 Å². The average Bonchev–Trinajstić information content (AvgIpc) is 2.19. The number of nitro benzene ring substituents is 1. The second-order valence-corrected chi connectivity index (χ2v) is 2.90. The Morgan fingerprint density at radius 3 is 2.62 bits per heavy atom. The quantitative estimate of drug-likeness (QED) is 0.353. The lowest BCUT2D eigenvalue weighted by atomic mass is 10.1. The number of benzene rings is 1. The van der Waals surface area contributed by atoms with Crippen LogP contribution in [0.5, 0.6) is 11.5 Å². The first-order valence-electron chi connectivity index (χ1n) is 4.37. The van der Waals surface area contributed by atoms with Crippen LogP contribution in [0.3, 0.4) is 0 Å². The van der Waals surface area contributed by atoms with E-state index >= 15 is 0 Å². The highest BCUT2D eigenvalue weighted by molar-refractivity contribution is 5.67. The van der Waals surface area contributed by atoms with Crippen LogP contribution < -0.4 is 4.74 Å². The number of nitro groups is 1. The third-order valence-corrected chi connectivity index (χ3v) is 1.96. The van der Waals surface area contributed by atoms with Crippen molar-refractivity contribution in [2.75, 3.05) is 0 Å². The predicted molar refractivity (Wildman–Crippen MR) is 52.8 cm³/mol. The summed E-state index contributed by atoms with van der Waals surface area (Å²) in [5.74, 6) is -1.22. The summed E-state index contributed by atoms with van der Waals surface area (Å²) >= 11 is 0. The number of carboxylic acid groups (broad SMARTS) is 1. The molecule has 7 nitrogen and oxygen atoms in total. The maximum atomic E-state index is 10.7. The predicted octanol–water partition coefficient (Wildman–Crippen LogP) is 1.92. The zero-order chi connectivity index (χ0) is 12.3. The van der Waals surface area contributed by atoms with Crippen molar-refractivity contribution in [1.29, 1.82) is 0 Å². The van der Waals surface area contributed by atoms with Crippen molar-refractivity contribution < 1.29 is 24.7 Å². The largest absolute Gasteiger partial charge is 0.511 e. The van der Waals surface area contributed by atoms with Crippen LogP contribution in [0.2, 0.25) is 0 Å². The summed E-state index contributed by atoms with van der Waals surface area (Å²) < 4.78 is 4.20. The van der Waals surface area contributed by atoms with E-state index in [9.17, 15) is 20.0 Å². The fraction of sp³-hybridized carbons (Fsp3) is 0.222. The third kappa shape index (κ3) is 2.19. The first kappa shape index (κ1) is 11.8. The lowest BCUT2D eigenvalue weighted by molar-refractivity contribution is -0.386. The molecule has 7 heteroatoms. The highest BCUT2D eigenvalue weighted by Gasteiger charge is 2.23. The van der Waals surface area contributed by atoms with Gasteiger partial charge in [0.1, 0.15) is 0 Å². The van der Waals surface area contributed by atoms with Gasteiger partial charge in [-0.25, -0.2) is 4.79 Å². The van der Waals surface area contributed by atoms with Crippen molar-refractivity contribution in [2.24, 2.45) is 0 Å². The summed E-state index contributed by atoms with van der Waals surface area (Å²) in [4.78, 5) is 20.2. The first-order chi connectivity index (χ1) is 7.47. The van der Waals surface area contributed by atoms with Crippen molar-refractivity contribution in [1.82, 2.24) is 0 Å². The fourth-order valence-electron chi connectivity index (χ4n) is 1.27. The molecule has 0 aromatic heterocycles. The molecule has 2 N–H and O–H groups in total. The number of ether oxygens (including phenoxy) is 1. The molecule has 0 saturated carbocycles. The minimum Gasteiger partial charge on any atom is -0.499 e. The van der Waals surface area contributed by atoms with Crippen LogP contribution in [0.1, 0.15) is 12.5 Å². The van der Waals surface area contributed by atoms with Crippen molar-refractivity contribution in [3.05, 3.63) is 27.8 Å². The summed E-state index contributed by atoms with van der Waals surface area (Å²) in [5, 5.41) is 28.5. The van der Waals surface area contributed by atoms with Crippen LogP contribution in [-0.4, -0.2) is 21.3 Å². The third-order valence-electron chi connectivity index (χ3n) is 1.96.